The molecule has 3 aromatic rings. The highest BCUT2D eigenvalue weighted by Crippen LogP contribution is 2.11. The first kappa shape index (κ1) is 15.1. The van der Waals surface area contributed by atoms with E-state index in [9.17, 15) is 9.59 Å². The molecule has 0 fully saturated rings. The van der Waals surface area contributed by atoms with Crippen LogP contribution in [-0.4, -0.2) is 20.7 Å². The quantitative estimate of drug-likeness (QED) is 0.798. The summed E-state index contributed by atoms with van der Waals surface area (Å²) in [7, 11) is 0. The van der Waals surface area contributed by atoms with Crippen LogP contribution in [0.15, 0.2) is 52.8 Å². The third-order valence-electron chi connectivity index (χ3n) is 3.20. The van der Waals surface area contributed by atoms with Crippen molar-refractivity contribution in [2.24, 2.45) is 0 Å². The smallest absolute Gasteiger partial charge is 0.277 e. The first-order chi connectivity index (χ1) is 11.1. The fourth-order valence-corrected chi connectivity index (χ4v) is 2.52. The number of thiazole rings is 1. The molecule has 0 aliphatic heterocycles. The average Bonchev–Trinajstić information content (AvgIpc) is 3.04. The molecule has 1 aromatic carbocycles. The Hall–Kier alpha value is -2.80. The summed E-state index contributed by atoms with van der Waals surface area (Å²) in [4.78, 5) is 28.1. The van der Waals surface area contributed by atoms with Crippen molar-refractivity contribution >= 4 is 22.4 Å². The van der Waals surface area contributed by atoms with Crippen molar-refractivity contribution in [3.63, 3.8) is 0 Å². The lowest BCUT2D eigenvalue weighted by Crippen LogP contribution is -2.26. The van der Waals surface area contributed by atoms with Gasteiger partial charge >= 0.3 is 0 Å². The van der Waals surface area contributed by atoms with Crippen molar-refractivity contribution < 1.29 is 4.79 Å². The van der Waals surface area contributed by atoms with Gasteiger partial charge in [0.15, 0.2) is 5.13 Å². The second-order valence-corrected chi connectivity index (χ2v) is 5.89. The Balaban J connectivity index is 1.82. The molecule has 0 saturated carbocycles. The minimum Gasteiger partial charge on any atom is -0.296 e. The fourth-order valence-electron chi connectivity index (χ4n) is 2.00. The first-order valence-electron chi connectivity index (χ1n) is 6.96. The van der Waals surface area contributed by atoms with Crippen LogP contribution in [0.2, 0.25) is 0 Å². The van der Waals surface area contributed by atoms with Gasteiger partial charge in [0.05, 0.1) is 6.54 Å². The molecule has 2 aromatic heterocycles. The number of aryl methyl sites for hydroxylation is 1. The van der Waals surface area contributed by atoms with Crippen molar-refractivity contribution in [2.45, 2.75) is 13.5 Å². The van der Waals surface area contributed by atoms with Gasteiger partial charge in [-0.05, 0) is 18.6 Å². The fraction of sp³-hybridized carbons (Fsp3) is 0.125. The Morgan fingerprint density at radius 2 is 2.00 bits per heavy atom. The van der Waals surface area contributed by atoms with Gasteiger partial charge in [-0.25, -0.2) is 9.67 Å². The SMILES string of the molecule is Cc1ccc(Cn2nc(C(=O)Nc3nccs3)ccc2=O)cc1. The van der Waals surface area contributed by atoms with Gasteiger partial charge in [-0.3, -0.25) is 14.9 Å². The highest BCUT2D eigenvalue weighted by atomic mass is 32.1. The van der Waals surface area contributed by atoms with Crippen molar-refractivity contribution in [2.75, 3.05) is 5.32 Å². The summed E-state index contributed by atoms with van der Waals surface area (Å²) in [6, 6.07) is 10.6. The highest BCUT2D eigenvalue weighted by molar-refractivity contribution is 7.13. The number of hydrogen-bond acceptors (Lipinski definition) is 5. The number of hydrogen-bond donors (Lipinski definition) is 1. The summed E-state index contributed by atoms with van der Waals surface area (Å²) >= 11 is 1.32. The molecular formula is C16H14N4O2S. The zero-order valence-electron chi connectivity index (χ0n) is 12.4. The van der Waals surface area contributed by atoms with Crippen LogP contribution >= 0.6 is 11.3 Å². The van der Waals surface area contributed by atoms with Crippen LogP contribution in [0.4, 0.5) is 5.13 Å². The molecule has 116 valence electrons. The molecule has 0 unspecified atom stereocenters. The number of anilines is 1. The van der Waals surface area contributed by atoms with Crippen LogP contribution in [0.1, 0.15) is 21.6 Å². The summed E-state index contributed by atoms with van der Waals surface area (Å²) in [6.07, 6.45) is 1.60. The zero-order chi connectivity index (χ0) is 16.2. The third kappa shape index (κ3) is 3.70. The van der Waals surface area contributed by atoms with E-state index in [1.807, 2.05) is 31.2 Å². The van der Waals surface area contributed by atoms with E-state index in [0.29, 0.717) is 11.7 Å². The van der Waals surface area contributed by atoms with E-state index in [4.69, 9.17) is 0 Å². The number of carbonyl (C=O) groups excluding carboxylic acids is 1. The van der Waals surface area contributed by atoms with Crippen molar-refractivity contribution in [1.29, 1.82) is 0 Å². The van der Waals surface area contributed by atoms with Crippen molar-refractivity contribution in [1.82, 2.24) is 14.8 Å². The molecule has 0 aliphatic rings. The summed E-state index contributed by atoms with van der Waals surface area (Å²) in [5.74, 6) is -0.391. The monoisotopic (exact) mass is 326 g/mol. The molecule has 0 radical (unpaired) electrons. The summed E-state index contributed by atoms with van der Waals surface area (Å²) in [6.45, 7) is 2.31. The standard InChI is InChI=1S/C16H14N4O2S/c1-11-2-4-12(5-3-11)10-20-14(21)7-6-13(19-20)15(22)18-16-17-8-9-23-16/h2-9H,10H2,1H3,(H,17,18,22). The molecule has 0 atom stereocenters. The van der Waals surface area contributed by atoms with E-state index in [1.165, 1.54) is 28.2 Å². The lowest BCUT2D eigenvalue weighted by atomic mass is 10.1. The second-order valence-electron chi connectivity index (χ2n) is 4.99. The molecule has 1 N–H and O–H groups in total. The van der Waals surface area contributed by atoms with E-state index < -0.39 is 5.91 Å². The average molecular weight is 326 g/mol. The number of carbonyl (C=O) groups is 1. The number of amides is 1. The Labute approximate surface area is 136 Å². The molecule has 23 heavy (non-hydrogen) atoms. The number of benzene rings is 1. The van der Waals surface area contributed by atoms with Crippen molar-refractivity contribution in [3.05, 3.63) is 75.1 Å². The van der Waals surface area contributed by atoms with Crippen LogP contribution in [0.5, 0.6) is 0 Å². The van der Waals surface area contributed by atoms with Crippen molar-refractivity contribution in [3.8, 4) is 0 Å². The minimum atomic E-state index is -0.391. The van der Waals surface area contributed by atoms with Gasteiger partial charge in [0, 0.05) is 17.6 Å². The predicted molar refractivity (Wildman–Crippen MR) is 88.8 cm³/mol. The van der Waals surface area contributed by atoms with Crippen LogP contribution in [-0.2, 0) is 6.54 Å². The van der Waals surface area contributed by atoms with Crippen LogP contribution in [0.25, 0.3) is 0 Å². The Bertz CT molecular complexity index is 870. The van der Waals surface area contributed by atoms with E-state index in [2.05, 4.69) is 15.4 Å². The first-order valence-corrected chi connectivity index (χ1v) is 7.84. The molecule has 0 spiro atoms. The summed E-state index contributed by atoms with van der Waals surface area (Å²) in [5.41, 5.74) is 2.01. The highest BCUT2D eigenvalue weighted by Gasteiger charge is 2.11. The van der Waals surface area contributed by atoms with Crippen LogP contribution in [0.3, 0.4) is 0 Å². The number of nitrogens with one attached hydrogen (secondary N) is 1. The molecule has 7 heteroatoms. The van der Waals surface area contributed by atoms with Gasteiger partial charge in [-0.1, -0.05) is 29.8 Å². The molecular weight excluding hydrogens is 312 g/mol. The van der Waals surface area contributed by atoms with E-state index in [0.717, 1.165) is 11.1 Å². The molecule has 6 nitrogen and oxygen atoms in total. The lowest BCUT2D eigenvalue weighted by molar-refractivity contribution is 0.102. The largest absolute Gasteiger partial charge is 0.296 e. The number of rotatable bonds is 4. The van der Waals surface area contributed by atoms with Gasteiger partial charge < -0.3 is 0 Å². The zero-order valence-corrected chi connectivity index (χ0v) is 13.2. The Kier molecular flexibility index (Phi) is 4.29. The van der Waals surface area contributed by atoms with Gasteiger partial charge in [-0.2, -0.15) is 5.10 Å². The number of nitrogens with zero attached hydrogens (tertiary/aromatic N) is 3. The maximum atomic E-state index is 12.2. The Morgan fingerprint density at radius 3 is 2.70 bits per heavy atom. The van der Waals surface area contributed by atoms with Gasteiger partial charge in [0.2, 0.25) is 0 Å². The molecule has 3 rings (SSSR count). The molecule has 2 heterocycles. The third-order valence-corrected chi connectivity index (χ3v) is 3.89. The van der Waals surface area contributed by atoms with E-state index >= 15 is 0 Å². The predicted octanol–water partition coefficient (Wildman–Crippen LogP) is 2.31. The second kappa shape index (κ2) is 6.53. The maximum Gasteiger partial charge on any atom is 0.277 e. The maximum absolute atomic E-state index is 12.2. The van der Waals surface area contributed by atoms with E-state index in [1.54, 1.807) is 11.6 Å². The topological polar surface area (TPSA) is 76.9 Å². The normalized spacial score (nSPS) is 10.5. The van der Waals surface area contributed by atoms with E-state index in [-0.39, 0.29) is 11.3 Å². The summed E-state index contributed by atoms with van der Waals surface area (Å²) in [5, 5.41) is 9.05. The van der Waals surface area contributed by atoms with Gasteiger partial charge in [0.25, 0.3) is 11.5 Å². The number of aromatic nitrogens is 3. The van der Waals surface area contributed by atoms with Gasteiger partial charge in [-0.15, -0.1) is 11.3 Å². The molecule has 1 amide bonds. The van der Waals surface area contributed by atoms with Crippen LogP contribution in [0, 0.1) is 6.92 Å². The van der Waals surface area contributed by atoms with Crippen LogP contribution < -0.4 is 10.9 Å². The minimum absolute atomic E-state index is 0.173. The molecule has 0 bridgehead atoms. The lowest BCUT2D eigenvalue weighted by Gasteiger charge is -2.07. The Morgan fingerprint density at radius 1 is 1.22 bits per heavy atom. The molecule has 0 aliphatic carbocycles. The molecule has 0 saturated heterocycles. The van der Waals surface area contributed by atoms with Gasteiger partial charge in [0.1, 0.15) is 5.69 Å². The summed E-state index contributed by atoms with van der Waals surface area (Å²) < 4.78 is 1.28.